The van der Waals surface area contributed by atoms with Crippen molar-refractivity contribution in [1.82, 2.24) is 10.0 Å². The van der Waals surface area contributed by atoms with Crippen LogP contribution in [0.5, 0.6) is 0 Å². The molecule has 0 aliphatic rings. The Labute approximate surface area is 166 Å². The van der Waals surface area contributed by atoms with Crippen molar-refractivity contribution >= 4 is 21.7 Å². The summed E-state index contributed by atoms with van der Waals surface area (Å²) in [7, 11) is -3.70. The van der Waals surface area contributed by atoms with Crippen LogP contribution in [-0.2, 0) is 16.6 Å². The number of carbonyl (C=O) groups excluding carboxylic acids is 2. The molecule has 0 heterocycles. The van der Waals surface area contributed by atoms with E-state index in [4.69, 9.17) is 0 Å². The fourth-order valence-electron chi connectivity index (χ4n) is 2.37. The van der Waals surface area contributed by atoms with E-state index >= 15 is 0 Å². The van der Waals surface area contributed by atoms with Crippen molar-refractivity contribution < 1.29 is 18.0 Å². The first kappa shape index (κ1) is 21.8. The van der Waals surface area contributed by atoms with Crippen molar-refractivity contribution in [3.8, 4) is 0 Å². The molecule has 0 saturated heterocycles. The van der Waals surface area contributed by atoms with E-state index in [9.17, 15) is 18.0 Å². The van der Waals surface area contributed by atoms with Crippen molar-refractivity contribution in [3.63, 3.8) is 0 Å². The predicted molar refractivity (Wildman–Crippen MR) is 109 cm³/mol. The SMILES string of the molecule is CCC(C)(C)NC(=O)c1ccc(CNS(=O)(=O)c2ccc(C(C)=O)cc2)cc1. The standard InChI is InChI=1S/C21H26N2O4S/c1-5-21(3,4)23-20(25)18-8-6-16(7-9-18)14-22-28(26,27)19-12-10-17(11-13-19)15(2)24/h6-13,22H,5,14H2,1-4H3,(H,23,25). The number of nitrogens with one attached hydrogen (secondary N) is 2. The fourth-order valence-corrected chi connectivity index (χ4v) is 3.39. The molecule has 0 bridgehead atoms. The summed E-state index contributed by atoms with van der Waals surface area (Å²) in [6.45, 7) is 7.44. The maximum Gasteiger partial charge on any atom is 0.251 e. The average Bonchev–Trinajstić information content (AvgIpc) is 2.66. The summed E-state index contributed by atoms with van der Waals surface area (Å²) in [4.78, 5) is 23.6. The van der Waals surface area contributed by atoms with Crippen LogP contribution in [0.1, 0.15) is 60.4 Å². The summed E-state index contributed by atoms with van der Waals surface area (Å²) in [5.41, 5.74) is 1.42. The minimum absolute atomic E-state index is 0.0929. The number of Topliss-reactive ketones (excluding diaryl/α,β-unsaturated/α-hetero) is 1. The summed E-state index contributed by atoms with van der Waals surface area (Å²) in [5, 5.41) is 2.96. The lowest BCUT2D eigenvalue weighted by molar-refractivity contribution is 0.0910. The zero-order chi connectivity index (χ0) is 20.9. The highest BCUT2D eigenvalue weighted by Crippen LogP contribution is 2.13. The van der Waals surface area contributed by atoms with Crippen LogP contribution in [0.2, 0.25) is 0 Å². The Morgan fingerprint density at radius 1 is 0.929 bits per heavy atom. The van der Waals surface area contributed by atoms with Crippen LogP contribution in [0.15, 0.2) is 53.4 Å². The molecule has 0 saturated carbocycles. The molecule has 2 aromatic rings. The van der Waals surface area contributed by atoms with E-state index < -0.39 is 10.0 Å². The van der Waals surface area contributed by atoms with E-state index in [1.807, 2.05) is 20.8 Å². The minimum atomic E-state index is -3.70. The van der Waals surface area contributed by atoms with E-state index in [2.05, 4.69) is 10.0 Å². The van der Waals surface area contributed by atoms with Gasteiger partial charge in [0.2, 0.25) is 10.0 Å². The van der Waals surface area contributed by atoms with Gasteiger partial charge in [0.15, 0.2) is 5.78 Å². The Morgan fingerprint density at radius 2 is 1.46 bits per heavy atom. The Balaban J connectivity index is 2.02. The highest BCUT2D eigenvalue weighted by molar-refractivity contribution is 7.89. The largest absolute Gasteiger partial charge is 0.347 e. The molecule has 2 N–H and O–H groups in total. The molecule has 0 aliphatic heterocycles. The van der Waals surface area contributed by atoms with Crippen LogP contribution < -0.4 is 10.0 Å². The predicted octanol–water partition coefficient (Wildman–Crippen LogP) is 3.29. The molecule has 7 heteroatoms. The fraction of sp³-hybridized carbons (Fsp3) is 0.333. The first-order valence-electron chi connectivity index (χ1n) is 9.06. The van der Waals surface area contributed by atoms with Gasteiger partial charge < -0.3 is 5.32 Å². The molecular formula is C21H26N2O4S. The van der Waals surface area contributed by atoms with E-state index in [1.165, 1.54) is 31.2 Å². The number of rotatable bonds is 8. The maximum absolute atomic E-state index is 12.4. The first-order chi connectivity index (χ1) is 13.0. The molecule has 0 spiro atoms. The van der Waals surface area contributed by atoms with Crippen molar-refractivity contribution in [2.24, 2.45) is 0 Å². The van der Waals surface area contributed by atoms with Crippen molar-refractivity contribution in [2.45, 2.75) is 51.1 Å². The van der Waals surface area contributed by atoms with Crippen LogP contribution in [0, 0.1) is 0 Å². The van der Waals surface area contributed by atoms with Gasteiger partial charge in [-0.1, -0.05) is 31.2 Å². The van der Waals surface area contributed by atoms with Crippen LogP contribution >= 0.6 is 0 Å². The van der Waals surface area contributed by atoms with Crippen LogP contribution in [-0.4, -0.2) is 25.6 Å². The van der Waals surface area contributed by atoms with Crippen molar-refractivity contribution in [1.29, 1.82) is 0 Å². The van der Waals surface area contributed by atoms with Crippen LogP contribution in [0.25, 0.3) is 0 Å². The van der Waals surface area contributed by atoms with Crippen molar-refractivity contribution in [3.05, 3.63) is 65.2 Å². The summed E-state index contributed by atoms with van der Waals surface area (Å²) in [6, 6.07) is 12.6. The van der Waals surface area contributed by atoms with Crippen molar-refractivity contribution in [2.75, 3.05) is 0 Å². The second-order valence-corrected chi connectivity index (χ2v) is 9.06. The molecule has 0 atom stereocenters. The number of benzene rings is 2. The minimum Gasteiger partial charge on any atom is -0.347 e. The van der Waals surface area contributed by atoms with Gasteiger partial charge in [-0.05, 0) is 57.0 Å². The van der Waals surface area contributed by atoms with Gasteiger partial charge in [-0.2, -0.15) is 0 Å². The van der Waals surface area contributed by atoms with Crippen LogP contribution in [0.4, 0.5) is 0 Å². The Hall–Kier alpha value is -2.51. The molecule has 28 heavy (non-hydrogen) atoms. The number of carbonyl (C=O) groups is 2. The Kier molecular flexibility index (Phi) is 6.74. The molecule has 0 unspecified atom stereocenters. The lowest BCUT2D eigenvalue weighted by atomic mass is 10.0. The van der Waals surface area contributed by atoms with Gasteiger partial charge in [-0.25, -0.2) is 13.1 Å². The number of ketones is 1. The average molecular weight is 403 g/mol. The van der Waals surface area contributed by atoms with E-state index in [-0.39, 0.29) is 28.7 Å². The summed E-state index contributed by atoms with van der Waals surface area (Å²) >= 11 is 0. The third kappa shape index (κ3) is 5.74. The summed E-state index contributed by atoms with van der Waals surface area (Å²) < 4.78 is 27.3. The van der Waals surface area contributed by atoms with Gasteiger partial charge in [0.25, 0.3) is 5.91 Å². The highest BCUT2D eigenvalue weighted by atomic mass is 32.2. The van der Waals surface area contributed by atoms with Gasteiger partial charge >= 0.3 is 0 Å². The third-order valence-electron chi connectivity index (χ3n) is 4.59. The van der Waals surface area contributed by atoms with Gasteiger partial charge in [-0.15, -0.1) is 0 Å². The molecule has 0 radical (unpaired) electrons. The molecule has 0 aliphatic carbocycles. The molecule has 0 aromatic heterocycles. The van der Waals surface area contributed by atoms with Gasteiger partial charge in [-0.3, -0.25) is 9.59 Å². The lowest BCUT2D eigenvalue weighted by Crippen LogP contribution is -2.42. The monoisotopic (exact) mass is 402 g/mol. The van der Waals surface area contributed by atoms with Gasteiger partial charge in [0.1, 0.15) is 0 Å². The van der Waals surface area contributed by atoms with Gasteiger partial charge in [0, 0.05) is 23.2 Å². The molecule has 0 fully saturated rings. The highest BCUT2D eigenvalue weighted by Gasteiger charge is 2.19. The summed E-state index contributed by atoms with van der Waals surface area (Å²) in [5.74, 6) is -0.284. The van der Waals surface area contributed by atoms with E-state index in [0.717, 1.165) is 12.0 Å². The van der Waals surface area contributed by atoms with Gasteiger partial charge in [0.05, 0.1) is 4.90 Å². The smallest absolute Gasteiger partial charge is 0.251 e. The second-order valence-electron chi connectivity index (χ2n) is 7.29. The molecule has 1 amide bonds. The number of hydrogen-bond donors (Lipinski definition) is 2. The molecule has 2 aromatic carbocycles. The number of sulfonamides is 1. The number of hydrogen-bond acceptors (Lipinski definition) is 4. The van der Waals surface area contributed by atoms with E-state index in [1.54, 1.807) is 24.3 Å². The van der Waals surface area contributed by atoms with E-state index in [0.29, 0.717) is 11.1 Å². The molecule has 150 valence electrons. The maximum atomic E-state index is 12.4. The quantitative estimate of drug-likeness (QED) is 0.663. The zero-order valence-electron chi connectivity index (χ0n) is 16.6. The first-order valence-corrected chi connectivity index (χ1v) is 10.5. The zero-order valence-corrected chi connectivity index (χ0v) is 17.4. The topological polar surface area (TPSA) is 92.3 Å². The summed E-state index contributed by atoms with van der Waals surface area (Å²) in [6.07, 6.45) is 0.812. The Morgan fingerprint density at radius 3 is 1.96 bits per heavy atom. The van der Waals surface area contributed by atoms with Crippen LogP contribution in [0.3, 0.4) is 0 Å². The normalized spacial score (nSPS) is 11.9. The third-order valence-corrected chi connectivity index (χ3v) is 6.01. The Bertz CT molecular complexity index is 947. The molecule has 2 rings (SSSR count). The lowest BCUT2D eigenvalue weighted by Gasteiger charge is -2.24. The molecule has 6 nitrogen and oxygen atoms in total. The second kappa shape index (κ2) is 8.67. The molecular weight excluding hydrogens is 376 g/mol. The number of amides is 1.